The predicted octanol–water partition coefficient (Wildman–Crippen LogP) is 1.56. The van der Waals surface area contributed by atoms with Crippen LogP contribution >= 0.6 is 0 Å². The van der Waals surface area contributed by atoms with Gasteiger partial charge in [-0.3, -0.25) is 9.67 Å². The molecule has 0 saturated heterocycles. The molecule has 0 aliphatic carbocycles. The summed E-state index contributed by atoms with van der Waals surface area (Å²) >= 11 is 0. The zero-order valence-corrected chi connectivity index (χ0v) is 14.5. The van der Waals surface area contributed by atoms with Crippen molar-refractivity contribution in [1.29, 1.82) is 0 Å². The number of hydrogen-bond donors (Lipinski definition) is 1. The van der Waals surface area contributed by atoms with Crippen molar-refractivity contribution in [2.24, 2.45) is 12.0 Å². The van der Waals surface area contributed by atoms with Crippen LogP contribution in [-0.4, -0.2) is 46.3 Å². The number of benzene rings is 1. The van der Waals surface area contributed by atoms with Gasteiger partial charge in [0.05, 0.1) is 13.2 Å². The molecule has 1 N–H and O–H groups in total. The molecular formula is C16H23FN6O. The van der Waals surface area contributed by atoms with Crippen molar-refractivity contribution in [2.75, 3.05) is 20.7 Å². The summed E-state index contributed by atoms with van der Waals surface area (Å²) in [7, 11) is 5.45. The highest BCUT2D eigenvalue weighted by Gasteiger charge is 2.10. The Labute approximate surface area is 141 Å². The molecule has 130 valence electrons. The lowest BCUT2D eigenvalue weighted by Gasteiger charge is -2.21. The highest BCUT2D eigenvalue weighted by molar-refractivity contribution is 5.79. The smallest absolute Gasteiger partial charge is 0.194 e. The number of aryl methyl sites for hydroxylation is 1. The maximum Gasteiger partial charge on any atom is 0.194 e. The fraction of sp³-hybridized carbons (Fsp3) is 0.438. The topological polar surface area (TPSA) is 67.6 Å². The van der Waals surface area contributed by atoms with Crippen molar-refractivity contribution in [3.05, 3.63) is 41.7 Å². The van der Waals surface area contributed by atoms with Crippen LogP contribution in [0.4, 0.5) is 4.39 Å². The predicted molar refractivity (Wildman–Crippen MR) is 90.2 cm³/mol. The van der Waals surface area contributed by atoms with Crippen molar-refractivity contribution in [3.63, 3.8) is 0 Å². The maximum absolute atomic E-state index is 13.9. The van der Waals surface area contributed by atoms with E-state index in [1.165, 1.54) is 12.4 Å². The largest absolute Gasteiger partial charge is 0.491 e. The van der Waals surface area contributed by atoms with E-state index >= 15 is 0 Å². The summed E-state index contributed by atoms with van der Waals surface area (Å²) in [6.45, 7) is 3.28. The molecule has 0 amide bonds. The monoisotopic (exact) mass is 334 g/mol. The molecular weight excluding hydrogens is 311 g/mol. The SMILES string of the molecule is CCOc1ccc(CNC(=NC)N(C)Cc2ncnn2C)cc1F. The van der Waals surface area contributed by atoms with Gasteiger partial charge in [0.2, 0.25) is 0 Å². The van der Waals surface area contributed by atoms with E-state index in [1.54, 1.807) is 17.8 Å². The van der Waals surface area contributed by atoms with Crippen molar-refractivity contribution in [1.82, 2.24) is 25.0 Å². The summed E-state index contributed by atoms with van der Waals surface area (Å²) in [5.41, 5.74) is 0.809. The zero-order valence-electron chi connectivity index (χ0n) is 14.5. The molecule has 2 rings (SSSR count). The van der Waals surface area contributed by atoms with Crippen molar-refractivity contribution >= 4 is 5.96 Å². The molecule has 0 spiro atoms. The Bertz CT molecular complexity index is 700. The number of halogens is 1. The second kappa shape index (κ2) is 8.28. The number of nitrogens with one attached hydrogen (secondary N) is 1. The summed E-state index contributed by atoms with van der Waals surface area (Å²) in [6.07, 6.45) is 1.52. The molecule has 7 nitrogen and oxygen atoms in total. The first-order valence-electron chi connectivity index (χ1n) is 7.71. The molecule has 1 aromatic carbocycles. The number of hydrogen-bond acceptors (Lipinski definition) is 4. The third-order valence-corrected chi connectivity index (χ3v) is 3.50. The maximum atomic E-state index is 13.9. The van der Waals surface area contributed by atoms with E-state index in [4.69, 9.17) is 4.74 Å². The highest BCUT2D eigenvalue weighted by Crippen LogP contribution is 2.18. The van der Waals surface area contributed by atoms with Crippen LogP contribution < -0.4 is 10.1 Å². The number of rotatable bonds is 6. The number of guanidine groups is 1. The summed E-state index contributed by atoms with van der Waals surface area (Å²) < 4.78 is 20.8. The standard InChI is InChI=1S/C16H23FN6O/c1-5-24-14-7-6-12(8-13(14)17)9-19-16(18-2)22(3)10-15-20-11-21-23(15)4/h6-8,11H,5,9-10H2,1-4H3,(H,18,19). The first kappa shape index (κ1) is 17.7. The molecule has 1 aromatic heterocycles. The lowest BCUT2D eigenvalue weighted by atomic mass is 10.2. The number of aliphatic imine (C=N–C) groups is 1. The van der Waals surface area contributed by atoms with E-state index in [0.29, 0.717) is 25.7 Å². The van der Waals surface area contributed by atoms with Gasteiger partial charge in [0, 0.05) is 27.7 Å². The van der Waals surface area contributed by atoms with Crippen LogP contribution in [0.15, 0.2) is 29.5 Å². The Morgan fingerprint density at radius 1 is 1.46 bits per heavy atom. The molecule has 2 aromatic rings. The minimum Gasteiger partial charge on any atom is -0.491 e. The molecule has 0 unspecified atom stereocenters. The molecule has 0 aliphatic rings. The lowest BCUT2D eigenvalue weighted by molar-refractivity contribution is 0.321. The summed E-state index contributed by atoms with van der Waals surface area (Å²) in [5, 5.41) is 7.25. The molecule has 8 heteroatoms. The van der Waals surface area contributed by atoms with Crippen LogP contribution in [0.3, 0.4) is 0 Å². The van der Waals surface area contributed by atoms with Gasteiger partial charge in [-0.25, -0.2) is 9.37 Å². The van der Waals surface area contributed by atoms with Gasteiger partial charge in [0.1, 0.15) is 12.2 Å². The third-order valence-electron chi connectivity index (χ3n) is 3.50. The lowest BCUT2D eigenvalue weighted by Crippen LogP contribution is -2.38. The fourth-order valence-corrected chi connectivity index (χ4v) is 2.24. The highest BCUT2D eigenvalue weighted by atomic mass is 19.1. The average Bonchev–Trinajstić information content (AvgIpc) is 2.95. The number of aromatic nitrogens is 3. The fourth-order valence-electron chi connectivity index (χ4n) is 2.24. The number of nitrogens with zero attached hydrogens (tertiary/aromatic N) is 5. The summed E-state index contributed by atoms with van der Waals surface area (Å²) in [6, 6.07) is 4.94. The van der Waals surface area contributed by atoms with Crippen molar-refractivity contribution in [3.8, 4) is 5.75 Å². The van der Waals surface area contributed by atoms with Gasteiger partial charge >= 0.3 is 0 Å². The Morgan fingerprint density at radius 2 is 2.25 bits per heavy atom. The quantitative estimate of drug-likeness (QED) is 0.641. The van der Waals surface area contributed by atoms with Gasteiger partial charge in [0.15, 0.2) is 17.5 Å². The normalized spacial score (nSPS) is 11.5. The molecule has 0 bridgehead atoms. The van der Waals surface area contributed by atoms with Gasteiger partial charge in [-0.15, -0.1) is 0 Å². The molecule has 0 aliphatic heterocycles. The minimum absolute atomic E-state index is 0.269. The van der Waals surface area contributed by atoms with E-state index in [-0.39, 0.29) is 11.6 Å². The van der Waals surface area contributed by atoms with Crippen LogP contribution in [0.2, 0.25) is 0 Å². The van der Waals surface area contributed by atoms with Gasteiger partial charge < -0.3 is 15.0 Å². The average molecular weight is 334 g/mol. The Morgan fingerprint density at radius 3 is 2.83 bits per heavy atom. The van der Waals surface area contributed by atoms with E-state index in [9.17, 15) is 4.39 Å². The van der Waals surface area contributed by atoms with E-state index < -0.39 is 0 Å². The van der Waals surface area contributed by atoms with Gasteiger partial charge in [-0.05, 0) is 24.6 Å². The third kappa shape index (κ3) is 4.43. The van der Waals surface area contributed by atoms with Crippen LogP contribution in [0.1, 0.15) is 18.3 Å². The van der Waals surface area contributed by atoms with Crippen LogP contribution in [0.25, 0.3) is 0 Å². The molecule has 24 heavy (non-hydrogen) atoms. The Kier molecular flexibility index (Phi) is 6.11. The van der Waals surface area contributed by atoms with Gasteiger partial charge in [-0.1, -0.05) is 6.07 Å². The molecule has 0 fully saturated rings. The van der Waals surface area contributed by atoms with Crippen LogP contribution in [0, 0.1) is 5.82 Å². The van der Waals surface area contributed by atoms with Crippen LogP contribution in [0.5, 0.6) is 5.75 Å². The zero-order chi connectivity index (χ0) is 17.5. The first-order valence-corrected chi connectivity index (χ1v) is 7.71. The van der Waals surface area contributed by atoms with Gasteiger partial charge in [-0.2, -0.15) is 5.10 Å². The van der Waals surface area contributed by atoms with Crippen LogP contribution in [-0.2, 0) is 20.1 Å². The first-order chi connectivity index (χ1) is 11.5. The molecule has 0 radical (unpaired) electrons. The van der Waals surface area contributed by atoms with Gasteiger partial charge in [0.25, 0.3) is 0 Å². The van der Waals surface area contributed by atoms with Crippen molar-refractivity contribution < 1.29 is 9.13 Å². The Balaban J connectivity index is 1.96. The summed E-state index contributed by atoms with van der Waals surface area (Å²) in [5.74, 6) is 1.42. The molecule has 0 saturated carbocycles. The minimum atomic E-state index is -0.362. The second-order valence-corrected chi connectivity index (χ2v) is 5.25. The second-order valence-electron chi connectivity index (χ2n) is 5.25. The number of ether oxygens (including phenoxy) is 1. The van der Waals surface area contributed by atoms with E-state index in [2.05, 4.69) is 20.4 Å². The van der Waals surface area contributed by atoms with E-state index in [1.807, 2.05) is 32.0 Å². The Hall–Kier alpha value is -2.64. The molecule has 1 heterocycles. The molecule has 0 atom stereocenters. The van der Waals surface area contributed by atoms with E-state index in [0.717, 1.165) is 11.4 Å². The summed E-state index contributed by atoms with van der Waals surface area (Å²) in [4.78, 5) is 10.4. The van der Waals surface area contributed by atoms with Crippen molar-refractivity contribution in [2.45, 2.75) is 20.0 Å².